The van der Waals surface area contributed by atoms with Gasteiger partial charge in [-0.1, -0.05) is 0 Å². The second-order valence-corrected chi connectivity index (χ2v) is 39.8. The van der Waals surface area contributed by atoms with Crippen LogP contribution in [0.4, 0.5) is 0 Å². The first kappa shape index (κ1) is 21.8. The fourth-order valence-corrected chi connectivity index (χ4v) is 24.5. The summed E-state index contributed by atoms with van der Waals surface area (Å²) in [5, 5.41) is 0. The monoisotopic (exact) mass is 492 g/mol. The van der Waals surface area contributed by atoms with Crippen molar-refractivity contribution in [2.24, 2.45) is 5.92 Å². The molecule has 0 N–H and O–H groups in total. The summed E-state index contributed by atoms with van der Waals surface area (Å²) in [6, 6.07) is 17.7. The van der Waals surface area contributed by atoms with Gasteiger partial charge in [-0.3, -0.25) is 0 Å². The van der Waals surface area contributed by atoms with Crippen molar-refractivity contribution in [1.82, 2.24) is 0 Å². The summed E-state index contributed by atoms with van der Waals surface area (Å²) in [7, 11) is 1.73. The Morgan fingerprint density at radius 3 is 2.10 bits per heavy atom. The molecule has 0 saturated heterocycles. The van der Waals surface area contributed by atoms with Gasteiger partial charge >= 0.3 is 185 Å². The van der Waals surface area contributed by atoms with E-state index < -0.39 is 17.4 Å². The molecule has 2 unspecified atom stereocenters. The molecule has 1 nitrogen and oxygen atoms in total. The predicted octanol–water partition coefficient (Wildman–Crippen LogP) is 6.78. The molecule has 0 spiro atoms. The molecule has 2 aliphatic carbocycles. The molecular weight excluding hydrogens is 460 g/mol. The van der Waals surface area contributed by atoms with Gasteiger partial charge in [-0.15, -0.1) is 0 Å². The van der Waals surface area contributed by atoms with E-state index in [0.717, 1.165) is 5.75 Å². The van der Waals surface area contributed by atoms with E-state index in [9.17, 15) is 0 Å². The van der Waals surface area contributed by atoms with Crippen LogP contribution >= 0.6 is 0 Å². The number of ether oxygens (including phenoxy) is 1. The van der Waals surface area contributed by atoms with Gasteiger partial charge in [0.1, 0.15) is 0 Å². The molecule has 0 heterocycles. The Bertz CT molecular complexity index is 1190. The van der Waals surface area contributed by atoms with Crippen molar-refractivity contribution in [3.05, 3.63) is 91.3 Å². The number of hydrogen-bond acceptors (Lipinski definition) is 1. The zero-order valence-electron chi connectivity index (χ0n) is 19.5. The van der Waals surface area contributed by atoms with Crippen molar-refractivity contribution < 1.29 is 22.1 Å². The van der Waals surface area contributed by atoms with Crippen LogP contribution < -0.4 is 4.74 Å². The molecule has 0 aromatic heterocycles. The average molecular weight is 494 g/mol. The normalized spacial score (nSPS) is 21.8. The molecule has 0 fully saturated rings. The maximum absolute atomic E-state index is 5.39. The van der Waals surface area contributed by atoms with Gasteiger partial charge in [0.15, 0.2) is 0 Å². The van der Waals surface area contributed by atoms with E-state index in [1.165, 1.54) is 27.8 Å². The number of allylic oxidation sites excluding steroid dienone is 5. The topological polar surface area (TPSA) is 9.23 Å². The third-order valence-corrected chi connectivity index (χ3v) is 25.1. The van der Waals surface area contributed by atoms with Crippen LogP contribution in [0.1, 0.15) is 48.0 Å². The summed E-state index contributed by atoms with van der Waals surface area (Å²) in [6.07, 6.45) is 2.61. The van der Waals surface area contributed by atoms with Gasteiger partial charge in [-0.05, 0) is 0 Å². The Labute approximate surface area is 184 Å². The number of rotatable bonds is 4. The number of hydrogen-bond donors (Lipinski definition) is 0. The molecule has 2 aromatic rings. The molecule has 0 bridgehead atoms. The number of methoxy groups -OCH3 is 1. The summed E-state index contributed by atoms with van der Waals surface area (Å²) in [5.74, 6) is 1.49. The van der Waals surface area contributed by atoms with Crippen molar-refractivity contribution in [3.8, 4) is 5.75 Å². The fraction of sp³-hybridized carbons (Fsp3) is 0.333. The van der Waals surface area contributed by atoms with Gasteiger partial charge in [-0.2, -0.15) is 0 Å². The van der Waals surface area contributed by atoms with Gasteiger partial charge in [0, 0.05) is 0 Å². The Morgan fingerprint density at radius 2 is 1.53 bits per heavy atom. The Hall–Kier alpha value is -1.44. The van der Waals surface area contributed by atoms with Crippen molar-refractivity contribution >= 4 is 12.5 Å². The quantitative estimate of drug-likeness (QED) is 0.427. The van der Waals surface area contributed by atoms with Crippen molar-refractivity contribution in [1.29, 1.82) is 0 Å². The summed E-state index contributed by atoms with van der Waals surface area (Å²) < 4.78 is 13.1. The van der Waals surface area contributed by atoms with Crippen LogP contribution in [0.15, 0.2) is 74.6 Å². The van der Waals surface area contributed by atoms with Gasteiger partial charge in [0.05, 0.1) is 0 Å². The Balaban J connectivity index is 1.90. The molecular formula is C27H34OSiZr. The standard InChI is InChI=1S/C16H13O.C9H13.2CH3.H2Si.Zr/c1-17-14-9-6-13(7-10-14)16-11-8-12-4-2-3-5-15(12)16;1-6-5-7(2)9(4)8(6)3;;;;/h2-11H,1H3;6H,1-4H3;2*1H3;1H2;. The molecule has 0 radical (unpaired) electrons. The minimum atomic E-state index is -3.33. The summed E-state index contributed by atoms with van der Waals surface area (Å²) in [5.41, 5.74) is 10.3. The second kappa shape index (κ2) is 7.31. The van der Waals surface area contributed by atoms with E-state index in [0.29, 0.717) is 9.54 Å². The first-order chi connectivity index (χ1) is 14.0. The zero-order chi connectivity index (χ0) is 21.9. The summed E-state index contributed by atoms with van der Waals surface area (Å²) >= 11 is -3.33. The van der Waals surface area contributed by atoms with Crippen molar-refractivity contribution in [3.63, 3.8) is 0 Å². The minimum absolute atomic E-state index is 0.532. The average Bonchev–Trinajstić information content (AvgIpc) is 3.21. The van der Waals surface area contributed by atoms with Crippen LogP contribution in [0.5, 0.6) is 5.75 Å². The van der Waals surface area contributed by atoms with E-state index in [2.05, 4.69) is 98.4 Å². The Kier molecular flexibility index (Phi) is 5.31. The summed E-state index contributed by atoms with van der Waals surface area (Å²) in [4.78, 5) is 0. The van der Waals surface area contributed by atoms with Gasteiger partial charge < -0.3 is 0 Å². The molecule has 2 atom stereocenters. The molecule has 2 aromatic carbocycles. The molecule has 4 rings (SSSR count). The summed E-state index contributed by atoms with van der Waals surface area (Å²) in [6.45, 7) is 11.9. The molecule has 0 saturated carbocycles. The first-order valence-electron chi connectivity index (χ1n) is 11.0. The molecule has 3 heteroatoms. The van der Waals surface area contributed by atoms with Crippen LogP contribution in [0.2, 0.25) is 9.26 Å². The SMILES string of the molecule is COc1ccc(C2=C[CH]([Zr]([CH3])([CH3])(=[SiH2])[C]3=C(C)C(C)=C(C)C3C)c3ccccc32)cc1. The van der Waals surface area contributed by atoms with Crippen molar-refractivity contribution in [2.75, 3.05) is 7.11 Å². The number of fused-ring (bicyclic) bond motifs is 1. The third kappa shape index (κ3) is 3.21. The van der Waals surface area contributed by atoms with Crippen LogP contribution in [0.25, 0.3) is 5.57 Å². The molecule has 0 amide bonds. The maximum atomic E-state index is 5.39. The zero-order valence-corrected chi connectivity index (χ0v) is 23.3. The van der Waals surface area contributed by atoms with Crippen LogP contribution in [-0.4, -0.2) is 14.0 Å². The van der Waals surface area contributed by atoms with Gasteiger partial charge in [-0.25, -0.2) is 0 Å². The molecule has 0 aliphatic heterocycles. The van der Waals surface area contributed by atoms with Crippen molar-refractivity contribution in [2.45, 2.75) is 40.6 Å². The third-order valence-electron chi connectivity index (χ3n) is 7.84. The van der Waals surface area contributed by atoms with Crippen LogP contribution in [0, 0.1) is 5.92 Å². The van der Waals surface area contributed by atoms with E-state index >= 15 is 0 Å². The molecule has 156 valence electrons. The van der Waals surface area contributed by atoms with Crippen LogP contribution in [-0.2, 0) is 17.4 Å². The second-order valence-electron chi connectivity index (χ2n) is 10.3. The van der Waals surface area contributed by atoms with E-state index in [1.807, 2.05) is 0 Å². The number of benzene rings is 2. The molecule has 2 aliphatic rings. The van der Waals surface area contributed by atoms with E-state index in [4.69, 9.17) is 4.74 Å². The van der Waals surface area contributed by atoms with Crippen LogP contribution in [0.3, 0.4) is 0 Å². The first-order valence-corrected chi connectivity index (χ1v) is 24.5. The van der Waals surface area contributed by atoms with E-state index in [1.54, 1.807) is 21.5 Å². The Morgan fingerprint density at radius 1 is 0.900 bits per heavy atom. The van der Waals surface area contributed by atoms with Gasteiger partial charge in [0.2, 0.25) is 0 Å². The van der Waals surface area contributed by atoms with E-state index in [-0.39, 0.29) is 0 Å². The van der Waals surface area contributed by atoms with Gasteiger partial charge in [0.25, 0.3) is 0 Å². The fourth-order valence-electron chi connectivity index (χ4n) is 6.01. The molecule has 30 heavy (non-hydrogen) atoms. The predicted molar refractivity (Wildman–Crippen MR) is 130 cm³/mol.